The zero-order valence-electron chi connectivity index (χ0n) is 10.7. The lowest BCUT2D eigenvalue weighted by molar-refractivity contribution is 0.0117. The summed E-state index contributed by atoms with van der Waals surface area (Å²) in [6.45, 7) is 4.04. The summed E-state index contributed by atoms with van der Waals surface area (Å²) in [5, 5.41) is 0. The van der Waals surface area contributed by atoms with Crippen molar-refractivity contribution in [1.82, 2.24) is 5.43 Å². The molecule has 0 bridgehead atoms. The number of nitrogens with one attached hydrogen (secondary N) is 1. The van der Waals surface area contributed by atoms with Crippen molar-refractivity contribution < 1.29 is 9.13 Å². The minimum atomic E-state index is -0.242. The summed E-state index contributed by atoms with van der Waals surface area (Å²) in [6.07, 6.45) is 1.63. The van der Waals surface area contributed by atoms with Gasteiger partial charge in [0.15, 0.2) is 0 Å². The van der Waals surface area contributed by atoms with Gasteiger partial charge in [0, 0.05) is 13.2 Å². The van der Waals surface area contributed by atoms with Crippen LogP contribution >= 0.6 is 0 Å². The molecule has 4 heteroatoms. The molecule has 1 aromatic rings. The van der Waals surface area contributed by atoms with Gasteiger partial charge in [-0.2, -0.15) is 0 Å². The SMILES string of the molecule is COC(C)(C)CCC(NN)c1cccc(F)c1. The van der Waals surface area contributed by atoms with Gasteiger partial charge in [-0.1, -0.05) is 12.1 Å². The molecule has 3 N–H and O–H groups in total. The molecular weight excluding hydrogens is 219 g/mol. The first kappa shape index (κ1) is 14.1. The maximum atomic E-state index is 13.1. The molecule has 0 fully saturated rings. The summed E-state index contributed by atoms with van der Waals surface area (Å²) in [7, 11) is 1.69. The van der Waals surface area contributed by atoms with Crippen LogP contribution in [0.4, 0.5) is 4.39 Å². The van der Waals surface area contributed by atoms with Crippen LogP contribution in [0.5, 0.6) is 0 Å². The Kier molecular flexibility index (Phi) is 5.05. The van der Waals surface area contributed by atoms with E-state index in [1.165, 1.54) is 12.1 Å². The van der Waals surface area contributed by atoms with Crippen LogP contribution in [0.3, 0.4) is 0 Å². The minimum absolute atomic E-state index is 0.0554. The van der Waals surface area contributed by atoms with Crippen LogP contribution < -0.4 is 11.3 Å². The van der Waals surface area contributed by atoms with E-state index in [0.717, 1.165) is 18.4 Å². The van der Waals surface area contributed by atoms with Gasteiger partial charge in [0.25, 0.3) is 0 Å². The number of ether oxygens (including phenoxy) is 1. The normalized spacial score (nSPS) is 13.7. The topological polar surface area (TPSA) is 47.3 Å². The molecule has 1 atom stereocenters. The number of methoxy groups -OCH3 is 1. The highest BCUT2D eigenvalue weighted by atomic mass is 19.1. The smallest absolute Gasteiger partial charge is 0.123 e. The molecule has 0 radical (unpaired) electrons. The van der Waals surface area contributed by atoms with Crippen LogP contribution in [0.15, 0.2) is 24.3 Å². The zero-order chi connectivity index (χ0) is 12.9. The van der Waals surface area contributed by atoms with Crippen LogP contribution in [0.1, 0.15) is 38.3 Å². The molecular formula is C13H21FN2O. The van der Waals surface area contributed by atoms with Crippen molar-refractivity contribution in [2.75, 3.05) is 7.11 Å². The van der Waals surface area contributed by atoms with Crippen molar-refractivity contribution in [1.29, 1.82) is 0 Å². The molecule has 1 aromatic carbocycles. The van der Waals surface area contributed by atoms with E-state index in [4.69, 9.17) is 10.6 Å². The Morgan fingerprint density at radius 3 is 2.71 bits per heavy atom. The molecule has 0 amide bonds. The lowest BCUT2D eigenvalue weighted by atomic mass is 9.95. The molecule has 0 aliphatic rings. The lowest BCUT2D eigenvalue weighted by Crippen LogP contribution is -2.31. The summed E-state index contributed by atoms with van der Waals surface area (Å²) < 4.78 is 18.5. The Hall–Kier alpha value is -0.970. The van der Waals surface area contributed by atoms with E-state index < -0.39 is 0 Å². The first-order chi connectivity index (χ1) is 7.98. The summed E-state index contributed by atoms with van der Waals surface area (Å²) in [5.41, 5.74) is 3.39. The summed E-state index contributed by atoms with van der Waals surface area (Å²) >= 11 is 0. The third-order valence-electron chi connectivity index (χ3n) is 3.04. The Morgan fingerprint density at radius 2 is 2.18 bits per heavy atom. The molecule has 0 spiro atoms. The molecule has 0 heterocycles. The van der Waals surface area contributed by atoms with Crippen LogP contribution in [0.2, 0.25) is 0 Å². The highest BCUT2D eigenvalue weighted by molar-refractivity contribution is 5.20. The third kappa shape index (κ3) is 4.42. The zero-order valence-corrected chi connectivity index (χ0v) is 10.7. The number of halogens is 1. The predicted molar refractivity (Wildman–Crippen MR) is 66.8 cm³/mol. The number of rotatable bonds is 6. The fourth-order valence-corrected chi connectivity index (χ4v) is 1.66. The molecule has 17 heavy (non-hydrogen) atoms. The second kappa shape index (κ2) is 6.10. The average Bonchev–Trinajstić information content (AvgIpc) is 2.30. The number of benzene rings is 1. The number of hydrazine groups is 1. The first-order valence-electron chi connectivity index (χ1n) is 5.75. The largest absolute Gasteiger partial charge is 0.379 e. The second-order valence-corrected chi connectivity index (χ2v) is 4.78. The highest BCUT2D eigenvalue weighted by Crippen LogP contribution is 2.24. The molecule has 0 aliphatic carbocycles. The summed E-state index contributed by atoms with van der Waals surface area (Å²) in [6, 6.07) is 6.44. The molecule has 1 unspecified atom stereocenters. The van der Waals surface area contributed by atoms with Gasteiger partial charge in [0.05, 0.1) is 5.60 Å². The number of nitrogens with two attached hydrogens (primary N) is 1. The van der Waals surface area contributed by atoms with Gasteiger partial charge in [-0.25, -0.2) is 4.39 Å². The average molecular weight is 240 g/mol. The maximum absolute atomic E-state index is 13.1. The predicted octanol–water partition coefficient (Wildman–Crippen LogP) is 2.54. The van der Waals surface area contributed by atoms with Gasteiger partial charge < -0.3 is 4.74 Å². The van der Waals surface area contributed by atoms with E-state index in [0.29, 0.717) is 0 Å². The fourth-order valence-electron chi connectivity index (χ4n) is 1.66. The van der Waals surface area contributed by atoms with Gasteiger partial charge in [0.1, 0.15) is 5.82 Å². The Balaban J connectivity index is 2.66. The van der Waals surface area contributed by atoms with Crippen LogP contribution in [-0.4, -0.2) is 12.7 Å². The van der Waals surface area contributed by atoms with Crippen molar-refractivity contribution in [2.45, 2.75) is 38.3 Å². The van der Waals surface area contributed by atoms with E-state index in [1.54, 1.807) is 13.2 Å². The van der Waals surface area contributed by atoms with E-state index in [-0.39, 0.29) is 17.5 Å². The third-order valence-corrected chi connectivity index (χ3v) is 3.04. The minimum Gasteiger partial charge on any atom is -0.379 e. The summed E-state index contributed by atoms with van der Waals surface area (Å²) in [5.74, 6) is 5.27. The molecule has 0 saturated carbocycles. The van der Waals surface area contributed by atoms with Crippen molar-refractivity contribution in [2.24, 2.45) is 5.84 Å². The van der Waals surface area contributed by atoms with E-state index in [9.17, 15) is 4.39 Å². The van der Waals surface area contributed by atoms with Gasteiger partial charge in [-0.05, 0) is 44.4 Å². The van der Waals surface area contributed by atoms with E-state index in [1.807, 2.05) is 19.9 Å². The number of hydrogen-bond acceptors (Lipinski definition) is 3. The Labute approximate surface area is 102 Å². The van der Waals surface area contributed by atoms with Crippen molar-refractivity contribution in [3.8, 4) is 0 Å². The van der Waals surface area contributed by atoms with Crippen LogP contribution in [0.25, 0.3) is 0 Å². The van der Waals surface area contributed by atoms with Crippen molar-refractivity contribution in [3.05, 3.63) is 35.6 Å². The van der Waals surface area contributed by atoms with E-state index in [2.05, 4.69) is 5.43 Å². The first-order valence-corrected chi connectivity index (χ1v) is 5.75. The van der Waals surface area contributed by atoms with Crippen LogP contribution in [0, 0.1) is 5.82 Å². The molecule has 1 rings (SSSR count). The molecule has 0 aliphatic heterocycles. The quantitative estimate of drug-likeness (QED) is 0.593. The van der Waals surface area contributed by atoms with Crippen LogP contribution in [-0.2, 0) is 4.74 Å². The molecule has 96 valence electrons. The molecule has 3 nitrogen and oxygen atoms in total. The Morgan fingerprint density at radius 1 is 1.47 bits per heavy atom. The van der Waals surface area contributed by atoms with Crippen molar-refractivity contribution >= 4 is 0 Å². The molecule has 0 saturated heterocycles. The maximum Gasteiger partial charge on any atom is 0.123 e. The fraction of sp³-hybridized carbons (Fsp3) is 0.538. The van der Waals surface area contributed by atoms with Gasteiger partial charge in [-0.15, -0.1) is 0 Å². The Bertz CT molecular complexity index is 355. The van der Waals surface area contributed by atoms with E-state index >= 15 is 0 Å². The second-order valence-electron chi connectivity index (χ2n) is 4.78. The van der Waals surface area contributed by atoms with Crippen molar-refractivity contribution in [3.63, 3.8) is 0 Å². The highest BCUT2D eigenvalue weighted by Gasteiger charge is 2.19. The standard InChI is InChI=1S/C13H21FN2O/c1-13(2,17-3)8-7-12(16-15)10-5-4-6-11(14)9-10/h4-6,9,12,16H,7-8,15H2,1-3H3. The molecule has 0 aromatic heterocycles. The monoisotopic (exact) mass is 240 g/mol. The number of hydrogen-bond donors (Lipinski definition) is 2. The summed E-state index contributed by atoms with van der Waals surface area (Å²) in [4.78, 5) is 0. The van der Waals surface area contributed by atoms with Gasteiger partial charge >= 0.3 is 0 Å². The lowest BCUT2D eigenvalue weighted by Gasteiger charge is -2.25. The van der Waals surface area contributed by atoms with Gasteiger partial charge in [-0.3, -0.25) is 11.3 Å². The van der Waals surface area contributed by atoms with Gasteiger partial charge in [0.2, 0.25) is 0 Å².